The molecule has 3 heteroatoms. The minimum atomic E-state index is -0.145. The molecule has 0 spiro atoms. The SMILES string of the molecule is C=C(c1ccccc1)C(C1C=CC=C(CP(C2CCCCC2)C2CCCCC2)N1)P(C1CCCCC1)C1CCCCC1. The Morgan fingerprint density at radius 3 is 1.64 bits per heavy atom. The molecule has 1 N–H and O–H groups in total. The summed E-state index contributed by atoms with van der Waals surface area (Å²) in [5.74, 6) is 0. The van der Waals surface area contributed by atoms with Crippen LogP contribution in [0, 0.1) is 0 Å². The summed E-state index contributed by atoms with van der Waals surface area (Å²) in [6, 6.07) is 11.7. The number of hydrogen-bond acceptors (Lipinski definition) is 1. The van der Waals surface area contributed by atoms with Crippen molar-refractivity contribution in [2.45, 2.75) is 163 Å². The quantitative estimate of drug-likeness (QED) is 0.262. The van der Waals surface area contributed by atoms with Gasteiger partial charge in [-0.05, 0) is 91.2 Å². The second kappa shape index (κ2) is 15.9. The van der Waals surface area contributed by atoms with Crippen molar-refractivity contribution in [2.75, 3.05) is 6.16 Å². The van der Waals surface area contributed by atoms with Gasteiger partial charge in [0.1, 0.15) is 0 Å². The Balaban J connectivity index is 1.28. The lowest BCUT2D eigenvalue weighted by Gasteiger charge is -2.47. The van der Waals surface area contributed by atoms with Gasteiger partial charge in [0.05, 0.1) is 6.04 Å². The van der Waals surface area contributed by atoms with Gasteiger partial charge in [0, 0.05) is 17.5 Å². The van der Waals surface area contributed by atoms with E-state index < -0.39 is 0 Å². The minimum Gasteiger partial charge on any atom is -0.381 e. The van der Waals surface area contributed by atoms with Crippen LogP contribution in [0.1, 0.15) is 134 Å². The lowest BCUT2D eigenvalue weighted by Crippen LogP contribution is -2.43. The molecule has 5 aliphatic rings. The Kier molecular flexibility index (Phi) is 11.8. The zero-order valence-electron chi connectivity index (χ0n) is 26.5. The average molecular weight is 604 g/mol. The van der Waals surface area contributed by atoms with Crippen LogP contribution in [0.4, 0.5) is 0 Å². The normalized spacial score (nSPS) is 26.2. The Morgan fingerprint density at radius 1 is 0.667 bits per heavy atom. The fourth-order valence-corrected chi connectivity index (χ4v) is 17.6. The highest BCUT2D eigenvalue weighted by Gasteiger charge is 2.41. The van der Waals surface area contributed by atoms with Gasteiger partial charge >= 0.3 is 0 Å². The summed E-state index contributed by atoms with van der Waals surface area (Å²) >= 11 is 0. The van der Waals surface area contributed by atoms with Crippen molar-refractivity contribution in [3.8, 4) is 0 Å². The lowest BCUT2D eigenvalue weighted by molar-refractivity contribution is 0.479. The molecular weight excluding hydrogens is 544 g/mol. The van der Waals surface area contributed by atoms with Crippen molar-refractivity contribution in [3.63, 3.8) is 0 Å². The van der Waals surface area contributed by atoms with Crippen LogP contribution in [-0.4, -0.2) is 40.5 Å². The summed E-state index contributed by atoms with van der Waals surface area (Å²) in [7, 11) is -0.0839. The maximum Gasteiger partial charge on any atom is 0.0552 e. The molecule has 1 aliphatic heterocycles. The first-order valence-corrected chi connectivity index (χ1v) is 21.4. The smallest absolute Gasteiger partial charge is 0.0552 e. The van der Waals surface area contributed by atoms with Crippen molar-refractivity contribution in [3.05, 3.63) is 66.4 Å². The van der Waals surface area contributed by atoms with Gasteiger partial charge in [0.2, 0.25) is 0 Å². The molecule has 0 radical (unpaired) electrons. The first-order valence-electron chi connectivity index (χ1n) is 18.2. The molecule has 4 saturated carbocycles. The monoisotopic (exact) mass is 603 g/mol. The van der Waals surface area contributed by atoms with Gasteiger partial charge in [-0.25, -0.2) is 0 Å². The maximum atomic E-state index is 4.97. The summed E-state index contributed by atoms with van der Waals surface area (Å²) in [5.41, 5.74) is 8.83. The van der Waals surface area contributed by atoms with Crippen LogP contribution in [0.2, 0.25) is 0 Å². The lowest BCUT2D eigenvalue weighted by atomic mass is 9.97. The molecule has 230 valence electrons. The summed E-state index contributed by atoms with van der Waals surface area (Å²) < 4.78 is 0. The second-order valence-electron chi connectivity index (χ2n) is 14.4. The highest BCUT2D eigenvalue weighted by atomic mass is 31.1. The second-order valence-corrected chi connectivity index (χ2v) is 20.1. The molecule has 1 aromatic rings. The molecule has 0 amide bonds. The van der Waals surface area contributed by atoms with Crippen LogP contribution in [0.5, 0.6) is 0 Å². The van der Waals surface area contributed by atoms with Crippen LogP contribution < -0.4 is 5.32 Å². The van der Waals surface area contributed by atoms with E-state index in [1.54, 1.807) is 5.70 Å². The molecule has 4 aliphatic carbocycles. The van der Waals surface area contributed by atoms with Gasteiger partial charge in [-0.2, -0.15) is 0 Å². The highest BCUT2D eigenvalue weighted by molar-refractivity contribution is 7.60. The van der Waals surface area contributed by atoms with E-state index in [0.717, 1.165) is 22.6 Å². The first-order chi connectivity index (χ1) is 20.8. The number of dihydropyridines is 1. The van der Waals surface area contributed by atoms with E-state index in [9.17, 15) is 0 Å². The fraction of sp³-hybridized carbons (Fsp3) is 0.692. The molecule has 0 saturated heterocycles. The summed E-state index contributed by atoms with van der Waals surface area (Å²) in [5, 5.41) is 4.32. The van der Waals surface area contributed by atoms with E-state index in [1.165, 1.54) is 146 Å². The van der Waals surface area contributed by atoms with Gasteiger partial charge in [-0.1, -0.05) is 142 Å². The fourth-order valence-electron chi connectivity index (χ4n) is 9.38. The number of nitrogens with one attached hydrogen (secondary N) is 1. The van der Waals surface area contributed by atoms with E-state index in [4.69, 9.17) is 6.58 Å². The van der Waals surface area contributed by atoms with Gasteiger partial charge < -0.3 is 5.32 Å². The van der Waals surface area contributed by atoms with Crippen LogP contribution >= 0.6 is 15.8 Å². The molecule has 1 heterocycles. The molecule has 1 nitrogen and oxygen atoms in total. The van der Waals surface area contributed by atoms with Gasteiger partial charge in [0.25, 0.3) is 0 Å². The standard InChI is InChI=1S/C39H59NP2/c1-31(32-18-7-2-8-19-32)39(42(36-25-13-5-14-26-36)37-27-15-6-16-28-37)38-29-17-20-33(40-38)30-41(34-21-9-3-10-22-34)35-23-11-4-12-24-35/h2,7-8,17-20,29,34-40H,1,3-6,9-16,21-28,30H2. The first kappa shape index (κ1) is 31.1. The largest absolute Gasteiger partial charge is 0.381 e. The number of benzene rings is 1. The van der Waals surface area contributed by atoms with E-state index in [1.807, 2.05) is 0 Å². The number of allylic oxidation sites excluding steroid dienone is 3. The maximum absolute atomic E-state index is 4.97. The van der Waals surface area contributed by atoms with E-state index in [0.29, 0.717) is 11.7 Å². The van der Waals surface area contributed by atoms with Crippen molar-refractivity contribution in [2.24, 2.45) is 0 Å². The van der Waals surface area contributed by atoms with E-state index in [2.05, 4.69) is 53.9 Å². The number of rotatable bonds is 10. The van der Waals surface area contributed by atoms with Crippen LogP contribution in [0.3, 0.4) is 0 Å². The Labute approximate surface area is 261 Å². The highest BCUT2D eigenvalue weighted by Crippen LogP contribution is 2.63. The van der Waals surface area contributed by atoms with Crippen molar-refractivity contribution < 1.29 is 0 Å². The summed E-state index contributed by atoms with van der Waals surface area (Å²) in [4.78, 5) is 0. The van der Waals surface area contributed by atoms with Gasteiger partial charge in [0.15, 0.2) is 0 Å². The Hall–Kier alpha value is -0.900. The predicted molar refractivity (Wildman–Crippen MR) is 190 cm³/mol. The molecular formula is C39H59NP2. The predicted octanol–water partition coefficient (Wildman–Crippen LogP) is 11.8. The molecule has 6 rings (SSSR count). The molecule has 4 fully saturated rings. The van der Waals surface area contributed by atoms with E-state index >= 15 is 0 Å². The zero-order valence-corrected chi connectivity index (χ0v) is 28.3. The van der Waals surface area contributed by atoms with Crippen molar-refractivity contribution in [1.82, 2.24) is 5.32 Å². The minimum absolute atomic E-state index is 0.0613. The van der Waals surface area contributed by atoms with Crippen LogP contribution in [-0.2, 0) is 0 Å². The summed E-state index contributed by atoms with van der Waals surface area (Å²) in [6.07, 6.45) is 38.4. The third kappa shape index (κ3) is 7.84. The summed E-state index contributed by atoms with van der Waals surface area (Å²) in [6.45, 7) is 4.97. The third-order valence-electron chi connectivity index (χ3n) is 11.6. The van der Waals surface area contributed by atoms with Gasteiger partial charge in [-0.3, -0.25) is 0 Å². The molecule has 0 bridgehead atoms. The molecule has 1 aromatic carbocycles. The van der Waals surface area contributed by atoms with Crippen LogP contribution in [0.15, 0.2) is 60.8 Å². The van der Waals surface area contributed by atoms with Crippen molar-refractivity contribution in [1.29, 1.82) is 0 Å². The topological polar surface area (TPSA) is 12.0 Å². The van der Waals surface area contributed by atoms with Gasteiger partial charge in [-0.15, -0.1) is 0 Å². The third-order valence-corrected chi connectivity index (χ3v) is 19.2. The zero-order chi connectivity index (χ0) is 28.6. The van der Waals surface area contributed by atoms with Crippen molar-refractivity contribution >= 4 is 21.4 Å². The molecule has 42 heavy (non-hydrogen) atoms. The van der Waals surface area contributed by atoms with E-state index in [-0.39, 0.29) is 15.8 Å². The molecule has 0 aromatic heterocycles. The Bertz CT molecular complexity index is 986. The molecule has 2 atom stereocenters. The molecule has 2 unspecified atom stereocenters. The number of hydrogen-bond donors (Lipinski definition) is 1. The Morgan fingerprint density at radius 2 is 1.14 bits per heavy atom. The average Bonchev–Trinajstić information content (AvgIpc) is 3.08. The van der Waals surface area contributed by atoms with Crippen LogP contribution in [0.25, 0.3) is 5.57 Å².